The van der Waals surface area contributed by atoms with Gasteiger partial charge >= 0.3 is 0 Å². The molecule has 1 aliphatic rings. The van der Waals surface area contributed by atoms with Gasteiger partial charge in [-0.25, -0.2) is 5.84 Å². The van der Waals surface area contributed by atoms with Crippen LogP contribution in [0.2, 0.25) is 0 Å². The van der Waals surface area contributed by atoms with Gasteiger partial charge in [0.1, 0.15) is 0 Å². The van der Waals surface area contributed by atoms with Crippen LogP contribution < -0.4 is 16.6 Å². The van der Waals surface area contributed by atoms with Crippen LogP contribution >= 0.6 is 0 Å². The van der Waals surface area contributed by atoms with Crippen LogP contribution in [0.4, 0.5) is 5.69 Å². The summed E-state index contributed by atoms with van der Waals surface area (Å²) in [6.07, 6.45) is 14.0. The largest absolute Gasteiger partial charge is 0.403 e. The molecule has 2 rings (SSSR count). The van der Waals surface area contributed by atoms with Crippen molar-refractivity contribution in [3.63, 3.8) is 0 Å². The van der Waals surface area contributed by atoms with E-state index in [0.29, 0.717) is 5.92 Å². The highest BCUT2D eigenvalue weighted by atomic mass is 15.4. The summed E-state index contributed by atoms with van der Waals surface area (Å²) in [4.78, 5) is 0. The van der Waals surface area contributed by atoms with Crippen molar-refractivity contribution in [1.29, 1.82) is 0 Å². The zero-order chi connectivity index (χ0) is 15.1. The van der Waals surface area contributed by atoms with Crippen LogP contribution in [0.1, 0.15) is 37.7 Å². The Hall–Kier alpha value is -2.00. The molecule has 0 amide bonds. The van der Waals surface area contributed by atoms with Crippen LogP contribution in [0.3, 0.4) is 0 Å². The zero-order valence-electron chi connectivity index (χ0n) is 12.5. The smallest absolute Gasteiger partial charge is 0.0569 e. The molecular formula is C18H25N3. The third-order valence-electron chi connectivity index (χ3n) is 4.03. The van der Waals surface area contributed by atoms with Crippen molar-refractivity contribution in [3.8, 4) is 0 Å². The van der Waals surface area contributed by atoms with Gasteiger partial charge in [-0.15, -0.1) is 0 Å². The summed E-state index contributed by atoms with van der Waals surface area (Å²) in [6, 6.07) is 8.15. The van der Waals surface area contributed by atoms with Crippen molar-refractivity contribution in [2.75, 3.05) is 5.01 Å². The van der Waals surface area contributed by atoms with E-state index in [9.17, 15) is 0 Å². The standard InChI is InChI=1S/C18H25N3/c1-2-16(14-15-6-4-3-5-7-15)17-8-10-18(11-9-17)21(20)13-12-19/h2,8-15H,1,3-7,19-20H2/b13-12-,16-14-. The second-order valence-corrected chi connectivity index (χ2v) is 5.52. The Morgan fingerprint density at radius 1 is 1.14 bits per heavy atom. The van der Waals surface area contributed by atoms with Crippen molar-refractivity contribution in [2.24, 2.45) is 17.5 Å². The van der Waals surface area contributed by atoms with Crippen molar-refractivity contribution in [3.05, 3.63) is 61.0 Å². The first-order chi connectivity index (χ1) is 10.2. The fraction of sp³-hybridized carbons (Fsp3) is 0.333. The average Bonchev–Trinajstić information content (AvgIpc) is 2.54. The Morgan fingerprint density at radius 3 is 2.38 bits per heavy atom. The number of allylic oxidation sites excluding steroid dienone is 3. The molecule has 1 aromatic rings. The highest BCUT2D eigenvalue weighted by Gasteiger charge is 2.12. The molecule has 1 fully saturated rings. The van der Waals surface area contributed by atoms with E-state index in [0.717, 1.165) is 5.69 Å². The third kappa shape index (κ3) is 4.23. The van der Waals surface area contributed by atoms with Crippen molar-refractivity contribution < 1.29 is 0 Å². The topological polar surface area (TPSA) is 55.3 Å². The van der Waals surface area contributed by atoms with E-state index >= 15 is 0 Å². The predicted octanol–water partition coefficient (Wildman–Crippen LogP) is 3.95. The van der Waals surface area contributed by atoms with Gasteiger partial charge in [-0.1, -0.05) is 50.1 Å². The fourth-order valence-electron chi connectivity index (χ4n) is 2.84. The van der Waals surface area contributed by atoms with E-state index in [-0.39, 0.29) is 0 Å². The summed E-state index contributed by atoms with van der Waals surface area (Å²) >= 11 is 0. The summed E-state index contributed by atoms with van der Waals surface area (Å²) in [5.74, 6) is 6.54. The fourth-order valence-corrected chi connectivity index (χ4v) is 2.84. The Kier molecular flexibility index (Phi) is 5.64. The molecule has 112 valence electrons. The van der Waals surface area contributed by atoms with Crippen LogP contribution in [0.15, 0.2) is 55.4 Å². The molecule has 3 heteroatoms. The average molecular weight is 283 g/mol. The lowest BCUT2D eigenvalue weighted by Crippen LogP contribution is -2.24. The molecule has 1 aromatic carbocycles. The lowest BCUT2D eigenvalue weighted by atomic mass is 9.87. The monoisotopic (exact) mass is 283 g/mol. The summed E-state index contributed by atoms with van der Waals surface area (Å²) in [7, 11) is 0. The van der Waals surface area contributed by atoms with Crippen LogP contribution in [0.25, 0.3) is 5.57 Å². The first-order valence-corrected chi connectivity index (χ1v) is 7.61. The molecule has 0 saturated heterocycles. The third-order valence-corrected chi connectivity index (χ3v) is 4.03. The Balaban J connectivity index is 2.14. The molecule has 0 spiro atoms. The van der Waals surface area contributed by atoms with Gasteiger partial charge in [-0.3, -0.25) is 5.01 Å². The minimum Gasteiger partial charge on any atom is -0.403 e. The highest BCUT2D eigenvalue weighted by molar-refractivity contribution is 5.74. The quantitative estimate of drug-likeness (QED) is 0.489. The van der Waals surface area contributed by atoms with Crippen LogP contribution in [0, 0.1) is 5.92 Å². The van der Waals surface area contributed by atoms with Crippen molar-refractivity contribution in [1.82, 2.24) is 0 Å². The minimum absolute atomic E-state index is 0.692. The van der Waals surface area contributed by atoms with Crippen LogP contribution in [-0.2, 0) is 0 Å². The maximum absolute atomic E-state index is 5.85. The maximum atomic E-state index is 5.85. The number of anilines is 1. The second-order valence-electron chi connectivity index (χ2n) is 5.52. The number of nitrogens with two attached hydrogens (primary N) is 2. The number of hydrogen-bond donors (Lipinski definition) is 2. The molecule has 0 bridgehead atoms. The molecule has 3 nitrogen and oxygen atoms in total. The van der Waals surface area contributed by atoms with Gasteiger partial charge < -0.3 is 5.73 Å². The Bertz CT molecular complexity index is 508. The van der Waals surface area contributed by atoms with Gasteiger partial charge in [0.2, 0.25) is 0 Å². The molecule has 0 aliphatic heterocycles. The normalized spacial score (nSPS) is 17.1. The van der Waals surface area contributed by atoms with Crippen LogP contribution in [-0.4, -0.2) is 0 Å². The molecule has 0 radical (unpaired) electrons. The van der Waals surface area contributed by atoms with Crippen molar-refractivity contribution >= 4 is 11.3 Å². The van der Waals surface area contributed by atoms with E-state index in [2.05, 4.69) is 24.8 Å². The zero-order valence-corrected chi connectivity index (χ0v) is 12.5. The van der Waals surface area contributed by atoms with E-state index in [1.54, 1.807) is 6.20 Å². The van der Waals surface area contributed by atoms with Gasteiger partial charge in [-0.2, -0.15) is 0 Å². The van der Waals surface area contributed by atoms with Gasteiger partial charge in [0.25, 0.3) is 0 Å². The van der Waals surface area contributed by atoms with Gasteiger partial charge in [-0.05, 0) is 42.0 Å². The number of benzene rings is 1. The number of hydrazine groups is 1. The molecule has 0 aromatic heterocycles. The maximum Gasteiger partial charge on any atom is 0.0569 e. The van der Waals surface area contributed by atoms with E-state index in [1.165, 1.54) is 54.4 Å². The number of hydrogen-bond acceptors (Lipinski definition) is 3. The molecule has 0 heterocycles. The molecule has 21 heavy (non-hydrogen) atoms. The Labute approximate surface area is 127 Å². The predicted molar refractivity (Wildman–Crippen MR) is 91.2 cm³/mol. The van der Waals surface area contributed by atoms with Gasteiger partial charge in [0.05, 0.1) is 5.69 Å². The number of nitrogens with zero attached hydrogens (tertiary/aromatic N) is 1. The molecule has 4 N–H and O–H groups in total. The van der Waals surface area contributed by atoms with E-state index < -0.39 is 0 Å². The summed E-state index contributed by atoms with van der Waals surface area (Å²) in [5, 5.41) is 1.50. The van der Waals surface area contributed by atoms with E-state index in [1.807, 2.05) is 18.2 Å². The lowest BCUT2D eigenvalue weighted by molar-refractivity contribution is 0.420. The van der Waals surface area contributed by atoms with Crippen molar-refractivity contribution in [2.45, 2.75) is 32.1 Å². The summed E-state index contributed by atoms with van der Waals surface area (Å²) < 4.78 is 0. The summed E-state index contributed by atoms with van der Waals surface area (Å²) in [5.41, 5.74) is 8.65. The minimum atomic E-state index is 0.692. The Morgan fingerprint density at radius 2 is 1.81 bits per heavy atom. The lowest BCUT2D eigenvalue weighted by Gasteiger charge is -2.19. The second kappa shape index (κ2) is 7.70. The molecule has 1 aliphatic carbocycles. The summed E-state index contributed by atoms with van der Waals surface area (Å²) in [6.45, 7) is 3.96. The first-order valence-electron chi connectivity index (χ1n) is 7.61. The van der Waals surface area contributed by atoms with Gasteiger partial charge in [0.15, 0.2) is 0 Å². The van der Waals surface area contributed by atoms with Crippen LogP contribution in [0.5, 0.6) is 0 Å². The SMILES string of the molecule is C=C/C(=C/C1CCCCC1)c1ccc(N(N)/C=C\N)cc1. The first kappa shape index (κ1) is 15.4. The number of rotatable bonds is 5. The highest BCUT2D eigenvalue weighted by Crippen LogP contribution is 2.29. The molecule has 0 atom stereocenters. The molecule has 0 unspecified atom stereocenters. The van der Waals surface area contributed by atoms with Gasteiger partial charge in [0, 0.05) is 12.4 Å². The molecular weight excluding hydrogens is 258 g/mol. The molecule has 1 saturated carbocycles. The van der Waals surface area contributed by atoms with E-state index in [4.69, 9.17) is 11.6 Å².